The number of fused-ring (bicyclic) bond motifs is 3. The van der Waals surface area contributed by atoms with E-state index in [0.717, 1.165) is 41.6 Å². The fourth-order valence-electron chi connectivity index (χ4n) is 4.07. The molecule has 29 heavy (non-hydrogen) atoms. The zero-order valence-electron chi connectivity index (χ0n) is 15.7. The van der Waals surface area contributed by atoms with Crippen LogP contribution in [0.25, 0.3) is 10.2 Å². The van der Waals surface area contributed by atoms with Crippen LogP contribution in [0.4, 0.5) is 0 Å². The largest absolute Gasteiger partial charge is 0.467 e. The Balaban J connectivity index is 1.76. The van der Waals surface area contributed by atoms with Crippen LogP contribution in [0.15, 0.2) is 56.7 Å². The number of rotatable bonds is 4. The molecule has 7 heteroatoms. The van der Waals surface area contributed by atoms with Crippen LogP contribution in [0.2, 0.25) is 5.02 Å². The molecule has 1 aromatic carbocycles. The van der Waals surface area contributed by atoms with Crippen LogP contribution in [-0.2, 0) is 25.9 Å². The number of thiophene rings is 1. The molecule has 0 fully saturated rings. The second-order valence-corrected chi connectivity index (χ2v) is 8.88. The van der Waals surface area contributed by atoms with Crippen LogP contribution in [0.3, 0.4) is 0 Å². The third-order valence-corrected chi connectivity index (χ3v) is 6.99. The van der Waals surface area contributed by atoms with E-state index >= 15 is 0 Å². The molecular weight excluding hydrogens is 408 g/mol. The second kappa shape index (κ2) is 7.35. The van der Waals surface area contributed by atoms with E-state index in [1.54, 1.807) is 34.3 Å². The smallest absolute Gasteiger partial charge is 0.332 e. The highest BCUT2D eigenvalue weighted by Gasteiger charge is 2.24. The topological polar surface area (TPSA) is 57.1 Å². The van der Waals surface area contributed by atoms with Gasteiger partial charge in [-0.1, -0.05) is 23.7 Å². The molecular formula is C22H19ClN2O3S. The predicted octanol–water partition coefficient (Wildman–Crippen LogP) is 4.45. The molecule has 0 aliphatic heterocycles. The molecule has 0 radical (unpaired) electrons. The van der Waals surface area contributed by atoms with Gasteiger partial charge in [0.2, 0.25) is 0 Å². The summed E-state index contributed by atoms with van der Waals surface area (Å²) in [4.78, 5) is 28.8. The minimum atomic E-state index is -0.322. The third kappa shape index (κ3) is 3.26. The lowest BCUT2D eigenvalue weighted by atomic mass is 9.97. The molecule has 0 N–H and O–H groups in total. The SMILES string of the molecule is O=c1c2c3c(sc2n(Cc2cccc(Cl)c2)c(=O)n1Cc1ccco1)CCCC3. The van der Waals surface area contributed by atoms with E-state index in [1.807, 2.05) is 24.3 Å². The van der Waals surface area contributed by atoms with Crippen molar-refractivity contribution in [1.29, 1.82) is 0 Å². The van der Waals surface area contributed by atoms with E-state index in [9.17, 15) is 9.59 Å². The molecule has 148 valence electrons. The summed E-state index contributed by atoms with van der Waals surface area (Å²) >= 11 is 7.74. The standard InChI is InChI=1S/C22H19ClN2O3S/c23-15-6-3-5-14(11-15)12-25-21-19(17-8-1-2-9-18(17)29-21)20(26)24(22(25)27)13-16-7-4-10-28-16/h3-7,10-11H,1-2,8-9,12-13H2. The Hall–Kier alpha value is -2.57. The van der Waals surface area contributed by atoms with E-state index in [0.29, 0.717) is 22.7 Å². The van der Waals surface area contributed by atoms with Crippen LogP contribution in [0.5, 0.6) is 0 Å². The quantitative estimate of drug-likeness (QED) is 0.484. The first kappa shape index (κ1) is 18.5. The summed E-state index contributed by atoms with van der Waals surface area (Å²) < 4.78 is 8.42. The molecule has 0 spiro atoms. The van der Waals surface area contributed by atoms with Crippen molar-refractivity contribution >= 4 is 33.2 Å². The third-order valence-electron chi connectivity index (χ3n) is 5.44. The highest BCUT2D eigenvalue weighted by molar-refractivity contribution is 7.18. The molecule has 0 bridgehead atoms. The number of furan rings is 1. The Morgan fingerprint density at radius 2 is 1.90 bits per heavy atom. The zero-order valence-corrected chi connectivity index (χ0v) is 17.3. The normalized spacial score (nSPS) is 13.7. The number of hydrogen-bond donors (Lipinski definition) is 0. The number of aryl methyl sites for hydroxylation is 2. The summed E-state index contributed by atoms with van der Waals surface area (Å²) in [5.41, 5.74) is 1.50. The van der Waals surface area contributed by atoms with Crippen molar-refractivity contribution < 1.29 is 4.42 Å². The van der Waals surface area contributed by atoms with Gasteiger partial charge in [-0.15, -0.1) is 11.3 Å². The summed E-state index contributed by atoms with van der Waals surface area (Å²) in [6.45, 7) is 0.495. The monoisotopic (exact) mass is 426 g/mol. The lowest BCUT2D eigenvalue weighted by molar-refractivity contribution is 0.479. The van der Waals surface area contributed by atoms with Crippen molar-refractivity contribution in [3.8, 4) is 0 Å². The molecule has 1 aliphatic carbocycles. The van der Waals surface area contributed by atoms with Crippen LogP contribution in [-0.4, -0.2) is 9.13 Å². The van der Waals surface area contributed by atoms with Gasteiger partial charge < -0.3 is 4.42 Å². The van der Waals surface area contributed by atoms with E-state index < -0.39 is 0 Å². The zero-order chi connectivity index (χ0) is 20.0. The van der Waals surface area contributed by atoms with Crippen molar-refractivity contribution in [2.75, 3.05) is 0 Å². The van der Waals surface area contributed by atoms with Gasteiger partial charge in [-0.25, -0.2) is 4.79 Å². The van der Waals surface area contributed by atoms with Gasteiger partial charge >= 0.3 is 5.69 Å². The van der Waals surface area contributed by atoms with Crippen molar-refractivity contribution in [2.45, 2.75) is 38.8 Å². The van der Waals surface area contributed by atoms with Gasteiger partial charge in [0.15, 0.2) is 0 Å². The summed E-state index contributed by atoms with van der Waals surface area (Å²) in [5, 5.41) is 1.32. The molecule has 4 aromatic rings. The predicted molar refractivity (Wildman–Crippen MR) is 115 cm³/mol. The number of hydrogen-bond acceptors (Lipinski definition) is 4. The summed E-state index contributed by atoms with van der Waals surface area (Å²) in [5.74, 6) is 0.585. The van der Waals surface area contributed by atoms with Crippen molar-refractivity contribution in [1.82, 2.24) is 9.13 Å². The molecule has 0 amide bonds. The number of halogens is 1. The average Bonchev–Trinajstić information content (AvgIpc) is 3.36. The van der Waals surface area contributed by atoms with Gasteiger partial charge in [0, 0.05) is 9.90 Å². The summed E-state index contributed by atoms with van der Waals surface area (Å²) in [6.07, 6.45) is 5.61. The highest BCUT2D eigenvalue weighted by Crippen LogP contribution is 2.34. The maximum atomic E-state index is 13.4. The fourth-order valence-corrected chi connectivity index (χ4v) is 5.66. The lowest BCUT2D eigenvalue weighted by Gasteiger charge is -2.13. The maximum absolute atomic E-state index is 13.4. The molecule has 3 aromatic heterocycles. The number of benzene rings is 1. The first-order valence-corrected chi connectivity index (χ1v) is 10.9. The molecule has 0 atom stereocenters. The van der Waals surface area contributed by atoms with E-state index in [4.69, 9.17) is 16.0 Å². The molecule has 0 saturated heterocycles. The number of aromatic nitrogens is 2. The van der Waals surface area contributed by atoms with E-state index in [2.05, 4.69) is 0 Å². The average molecular weight is 427 g/mol. The maximum Gasteiger partial charge on any atom is 0.332 e. The number of nitrogens with zero attached hydrogens (tertiary/aromatic N) is 2. The van der Waals surface area contributed by atoms with Crippen molar-refractivity contribution in [3.05, 3.63) is 90.3 Å². The second-order valence-electron chi connectivity index (χ2n) is 7.36. The van der Waals surface area contributed by atoms with Crippen LogP contribution in [0.1, 0.15) is 34.6 Å². The van der Waals surface area contributed by atoms with Crippen LogP contribution < -0.4 is 11.2 Å². The first-order valence-electron chi connectivity index (χ1n) is 9.66. The van der Waals surface area contributed by atoms with E-state index in [-0.39, 0.29) is 17.8 Å². The van der Waals surface area contributed by atoms with Gasteiger partial charge in [-0.3, -0.25) is 13.9 Å². The highest BCUT2D eigenvalue weighted by atomic mass is 35.5. The first-order chi connectivity index (χ1) is 14.1. The van der Waals surface area contributed by atoms with Crippen LogP contribution >= 0.6 is 22.9 Å². The Labute approximate surface area is 175 Å². The van der Waals surface area contributed by atoms with Crippen LogP contribution in [0, 0.1) is 0 Å². The molecule has 1 aliphatic rings. The Kier molecular flexibility index (Phi) is 4.68. The molecule has 0 unspecified atom stereocenters. The lowest BCUT2D eigenvalue weighted by Crippen LogP contribution is -2.40. The Morgan fingerprint density at radius 3 is 2.69 bits per heavy atom. The molecule has 0 saturated carbocycles. The summed E-state index contributed by atoms with van der Waals surface area (Å²) in [6, 6.07) is 11.0. The summed E-state index contributed by atoms with van der Waals surface area (Å²) in [7, 11) is 0. The van der Waals surface area contributed by atoms with Gasteiger partial charge in [0.25, 0.3) is 5.56 Å². The van der Waals surface area contributed by atoms with E-state index in [1.165, 1.54) is 9.44 Å². The van der Waals surface area contributed by atoms with Gasteiger partial charge in [0.05, 0.1) is 24.7 Å². The van der Waals surface area contributed by atoms with Gasteiger partial charge in [-0.05, 0) is 61.1 Å². The minimum Gasteiger partial charge on any atom is -0.467 e. The Bertz CT molecular complexity index is 1310. The van der Waals surface area contributed by atoms with Gasteiger partial charge in [0.1, 0.15) is 10.6 Å². The molecule has 5 rings (SSSR count). The van der Waals surface area contributed by atoms with Gasteiger partial charge in [-0.2, -0.15) is 0 Å². The molecule has 3 heterocycles. The fraction of sp³-hybridized carbons (Fsp3) is 0.273. The molecule has 5 nitrogen and oxygen atoms in total. The van der Waals surface area contributed by atoms with Crippen molar-refractivity contribution in [3.63, 3.8) is 0 Å². The Morgan fingerprint density at radius 1 is 1.03 bits per heavy atom. The van der Waals surface area contributed by atoms with Crippen molar-refractivity contribution in [2.24, 2.45) is 0 Å². The minimum absolute atomic E-state index is 0.126.